The highest BCUT2D eigenvalue weighted by atomic mass is 16.5. The standard InChI is InChI=1S/C22H30N2O3/c1-27-19-4-2-3-18(10-19)21(26)24-6-5-23-20(25)14-22-11-15-7-16(12-22)9-17(8-15)13-22/h2-4,10,15-17H,5-9,11-14H2,1H3,(H,23,25)(H,24,26). The second-order valence-corrected chi connectivity index (χ2v) is 8.93. The van der Waals surface area contributed by atoms with Crippen molar-refractivity contribution in [1.29, 1.82) is 0 Å². The summed E-state index contributed by atoms with van der Waals surface area (Å²) in [5.41, 5.74) is 0.831. The first-order valence-corrected chi connectivity index (χ1v) is 10.2. The molecule has 2 amide bonds. The number of hydrogen-bond donors (Lipinski definition) is 2. The third-order valence-electron chi connectivity index (χ3n) is 6.77. The van der Waals surface area contributed by atoms with Gasteiger partial charge in [0.25, 0.3) is 5.91 Å². The van der Waals surface area contributed by atoms with Crippen LogP contribution in [0.5, 0.6) is 5.75 Å². The first-order valence-electron chi connectivity index (χ1n) is 10.2. The van der Waals surface area contributed by atoms with E-state index in [0.29, 0.717) is 30.8 Å². The van der Waals surface area contributed by atoms with E-state index < -0.39 is 0 Å². The normalized spacial score (nSPS) is 30.8. The summed E-state index contributed by atoms with van der Waals surface area (Å²) in [6.45, 7) is 0.906. The Bertz CT molecular complexity index is 680. The molecule has 0 heterocycles. The van der Waals surface area contributed by atoms with Crippen LogP contribution < -0.4 is 15.4 Å². The first kappa shape index (κ1) is 18.3. The van der Waals surface area contributed by atoms with E-state index in [1.807, 2.05) is 0 Å². The Labute approximate surface area is 161 Å². The number of methoxy groups -OCH3 is 1. The summed E-state index contributed by atoms with van der Waals surface area (Å²) in [5, 5.41) is 5.86. The monoisotopic (exact) mass is 370 g/mol. The lowest BCUT2D eigenvalue weighted by Gasteiger charge is -2.56. The van der Waals surface area contributed by atoms with Gasteiger partial charge in [-0.1, -0.05) is 6.07 Å². The molecule has 0 saturated heterocycles. The van der Waals surface area contributed by atoms with Crippen LogP contribution in [0.15, 0.2) is 24.3 Å². The van der Waals surface area contributed by atoms with Crippen LogP contribution in [0.3, 0.4) is 0 Å². The Balaban J connectivity index is 1.20. The van der Waals surface area contributed by atoms with E-state index in [2.05, 4.69) is 10.6 Å². The molecule has 1 aromatic carbocycles. The molecule has 0 atom stereocenters. The highest BCUT2D eigenvalue weighted by Gasteiger charge is 2.51. The van der Waals surface area contributed by atoms with E-state index in [1.54, 1.807) is 31.4 Å². The van der Waals surface area contributed by atoms with Crippen LogP contribution in [-0.2, 0) is 4.79 Å². The van der Waals surface area contributed by atoms with Crippen LogP contribution in [0.1, 0.15) is 55.3 Å². The Morgan fingerprint density at radius 1 is 1.04 bits per heavy atom. The second kappa shape index (κ2) is 7.53. The molecule has 5 rings (SSSR count). The molecule has 4 saturated carbocycles. The molecule has 146 valence electrons. The number of rotatable bonds is 7. The van der Waals surface area contributed by atoms with Gasteiger partial charge in [0.05, 0.1) is 7.11 Å². The number of amides is 2. The van der Waals surface area contributed by atoms with E-state index in [4.69, 9.17) is 4.74 Å². The Kier molecular flexibility index (Phi) is 5.11. The van der Waals surface area contributed by atoms with Gasteiger partial charge < -0.3 is 15.4 Å². The van der Waals surface area contributed by atoms with Crippen molar-refractivity contribution in [3.63, 3.8) is 0 Å². The summed E-state index contributed by atoms with van der Waals surface area (Å²) >= 11 is 0. The number of carbonyl (C=O) groups is 2. The summed E-state index contributed by atoms with van der Waals surface area (Å²) in [4.78, 5) is 24.7. The third kappa shape index (κ3) is 4.12. The van der Waals surface area contributed by atoms with Crippen LogP contribution in [-0.4, -0.2) is 32.0 Å². The molecule has 4 fully saturated rings. The molecule has 1 aromatic rings. The minimum atomic E-state index is -0.149. The van der Waals surface area contributed by atoms with Gasteiger partial charge in [-0.3, -0.25) is 9.59 Å². The van der Waals surface area contributed by atoms with Gasteiger partial charge in [-0.2, -0.15) is 0 Å². The summed E-state index contributed by atoms with van der Waals surface area (Å²) < 4.78 is 5.14. The minimum Gasteiger partial charge on any atom is -0.497 e. The van der Waals surface area contributed by atoms with Crippen molar-refractivity contribution < 1.29 is 14.3 Å². The van der Waals surface area contributed by atoms with Crippen molar-refractivity contribution in [1.82, 2.24) is 10.6 Å². The van der Waals surface area contributed by atoms with E-state index >= 15 is 0 Å². The average molecular weight is 370 g/mol. The second-order valence-electron chi connectivity index (χ2n) is 8.93. The zero-order valence-electron chi connectivity index (χ0n) is 16.1. The van der Waals surface area contributed by atoms with Crippen LogP contribution in [0, 0.1) is 23.2 Å². The average Bonchev–Trinajstić information content (AvgIpc) is 2.63. The van der Waals surface area contributed by atoms with Gasteiger partial charge in [0.15, 0.2) is 0 Å². The van der Waals surface area contributed by atoms with Crippen molar-refractivity contribution >= 4 is 11.8 Å². The topological polar surface area (TPSA) is 67.4 Å². The predicted octanol–water partition coefficient (Wildman–Crippen LogP) is 3.15. The fraction of sp³-hybridized carbons (Fsp3) is 0.636. The number of ether oxygens (including phenoxy) is 1. The van der Waals surface area contributed by atoms with E-state index in [1.165, 1.54) is 38.5 Å². The van der Waals surface area contributed by atoms with Crippen LogP contribution in [0.25, 0.3) is 0 Å². The van der Waals surface area contributed by atoms with Gasteiger partial charge in [-0.25, -0.2) is 0 Å². The van der Waals surface area contributed by atoms with E-state index in [0.717, 1.165) is 17.8 Å². The molecule has 0 aromatic heterocycles. The molecule has 4 aliphatic rings. The summed E-state index contributed by atoms with van der Waals surface area (Å²) in [6.07, 6.45) is 8.61. The number of benzene rings is 1. The molecule has 0 spiro atoms. The Morgan fingerprint density at radius 3 is 2.30 bits per heavy atom. The van der Waals surface area contributed by atoms with Gasteiger partial charge >= 0.3 is 0 Å². The summed E-state index contributed by atoms with van der Waals surface area (Å²) in [5.74, 6) is 3.26. The van der Waals surface area contributed by atoms with E-state index in [-0.39, 0.29) is 17.2 Å². The lowest BCUT2D eigenvalue weighted by atomic mass is 9.49. The highest BCUT2D eigenvalue weighted by molar-refractivity contribution is 5.94. The molecule has 0 unspecified atom stereocenters. The molecule has 0 radical (unpaired) electrons. The van der Waals surface area contributed by atoms with Crippen molar-refractivity contribution in [2.24, 2.45) is 23.2 Å². The van der Waals surface area contributed by atoms with Gasteiger partial charge in [-0.05, 0) is 79.9 Å². The Hall–Kier alpha value is -2.04. The largest absolute Gasteiger partial charge is 0.497 e. The van der Waals surface area contributed by atoms with Gasteiger partial charge in [0.2, 0.25) is 5.91 Å². The Morgan fingerprint density at radius 2 is 1.67 bits per heavy atom. The molecule has 0 aliphatic heterocycles. The zero-order valence-corrected chi connectivity index (χ0v) is 16.1. The highest BCUT2D eigenvalue weighted by Crippen LogP contribution is 2.61. The first-order chi connectivity index (χ1) is 13.0. The van der Waals surface area contributed by atoms with Crippen molar-refractivity contribution in [3.05, 3.63) is 29.8 Å². The molecule has 27 heavy (non-hydrogen) atoms. The van der Waals surface area contributed by atoms with Crippen LogP contribution >= 0.6 is 0 Å². The van der Waals surface area contributed by atoms with Gasteiger partial charge in [-0.15, -0.1) is 0 Å². The quantitative estimate of drug-likeness (QED) is 0.725. The molecule has 5 heteroatoms. The molecule has 2 N–H and O–H groups in total. The minimum absolute atomic E-state index is 0.146. The smallest absolute Gasteiger partial charge is 0.251 e. The molecular formula is C22H30N2O3. The lowest BCUT2D eigenvalue weighted by Crippen LogP contribution is -2.48. The number of carbonyl (C=O) groups excluding carboxylic acids is 2. The fourth-order valence-electron chi connectivity index (χ4n) is 6.15. The SMILES string of the molecule is COc1cccc(C(=O)NCCNC(=O)CC23CC4CC(CC(C4)C2)C3)c1. The fourth-order valence-corrected chi connectivity index (χ4v) is 6.15. The maximum absolute atomic E-state index is 12.5. The maximum atomic E-state index is 12.5. The third-order valence-corrected chi connectivity index (χ3v) is 6.77. The molecular weight excluding hydrogens is 340 g/mol. The van der Waals surface area contributed by atoms with Gasteiger partial charge in [0, 0.05) is 25.1 Å². The van der Waals surface area contributed by atoms with Gasteiger partial charge in [0.1, 0.15) is 5.75 Å². The van der Waals surface area contributed by atoms with Crippen molar-refractivity contribution in [3.8, 4) is 5.75 Å². The molecule has 5 nitrogen and oxygen atoms in total. The van der Waals surface area contributed by atoms with Crippen LogP contribution in [0.4, 0.5) is 0 Å². The van der Waals surface area contributed by atoms with Crippen LogP contribution in [0.2, 0.25) is 0 Å². The van der Waals surface area contributed by atoms with Crippen molar-refractivity contribution in [2.45, 2.75) is 44.9 Å². The summed E-state index contributed by atoms with van der Waals surface area (Å²) in [6, 6.07) is 7.06. The predicted molar refractivity (Wildman–Crippen MR) is 104 cm³/mol. The number of hydrogen-bond acceptors (Lipinski definition) is 3. The zero-order chi connectivity index (χ0) is 18.9. The summed E-state index contributed by atoms with van der Waals surface area (Å²) in [7, 11) is 1.58. The maximum Gasteiger partial charge on any atom is 0.251 e. The number of nitrogens with one attached hydrogen (secondary N) is 2. The molecule has 4 aliphatic carbocycles. The van der Waals surface area contributed by atoms with E-state index in [9.17, 15) is 9.59 Å². The lowest BCUT2D eigenvalue weighted by molar-refractivity contribution is -0.129. The molecule has 4 bridgehead atoms. The van der Waals surface area contributed by atoms with Crippen molar-refractivity contribution in [2.75, 3.05) is 20.2 Å².